The van der Waals surface area contributed by atoms with Gasteiger partial charge in [0.15, 0.2) is 6.29 Å². The van der Waals surface area contributed by atoms with Crippen molar-refractivity contribution < 1.29 is 9.53 Å². The quantitative estimate of drug-likeness (QED) is 0.660. The van der Waals surface area contributed by atoms with Gasteiger partial charge in [0.25, 0.3) is 0 Å². The van der Waals surface area contributed by atoms with E-state index < -0.39 is 0 Å². The van der Waals surface area contributed by atoms with Gasteiger partial charge in [0.1, 0.15) is 5.75 Å². The first-order valence-electron chi connectivity index (χ1n) is 7.49. The number of aromatic nitrogens is 1. The second-order valence-corrected chi connectivity index (χ2v) is 5.30. The van der Waals surface area contributed by atoms with Crippen LogP contribution in [0.4, 0.5) is 0 Å². The lowest BCUT2D eigenvalue weighted by Gasteiger charge is -2.09. The normalized spacial score (nSPS) is 10.8. The van der Waals surface area contributed by atoms with Crippen LogP contribution in [0.25, 0.3) is 10.9 Å². The molecule has 0 spiro atoms. The van der Waals surface area contributed by atoms with Crippen molar-refractivity contribution in [2.45, 2.75) is 20.4 Å². The van der Waals surface area contributed by atoms with Crippen LogP contribution in [0.5, 0.6) is 5.75 Å². The number of carbonyl (C=O) groups excluding carboxylic acids is 1. The van der Waals surface area contributed by atoms with Gasteiger partial charge in [-0.3, -0.25) is 4.79 Å². The Morgan fingerprint density at radius 1 is 1.14 bits per heavy atom. The average molecular weight is 293 g/mol. The first-order valence-corrected chi connectivity index (χ1v) is 7.49. The molecule has 2 aromatic carbocycles. The van der Waals surface area contributed by atoms with Crippen LogP contribution in [0.3, 0.4) is 0 Å². The van der Waals surface area contributed by atoms with E-state index >= 15 is 0 Å². The van der Waals surface area contributed by atoms with E-state index in [1.54, 1.807) is 0 Å². The third-order valence-corrected chi connectivity index (χ3v) is 3.96. The summed E-state index contributed by atoms with van der Waals surface area (Å²) in [6.45, 7) is 5.32. The Kier molecular flexibility index (Phi) is 3.96. The Morgan fingerprint density at radius 3 is 2.59 bits per heavy atom. The maximum absolute atomic E-state index is 11.5. The highest BCUT2D eigenvalue weighted by molar-refractivity contribution is 6.00. The number of hydrogen-bond acceptors (Lipinski definition) is 2. The van der Waals surface area contributed by atoms with Crippen LogP contribution in [-0.2, 0) is 6.54 Å². The molecule has 3 nitrogen and oxygen atoms in total. The van der Waals surface area contributed by atoms with E-state index in [-0.39, 0.29) is 0 Å². The Hall–Kier alpha value is -2.55. The molecule has 0 saturated carbocycles. The van der Waals surface area contributed by atoms with E-state index in [1.807, 2.05) is 50.2 Å². The minimum Gasteiger partial charge on any atom is -0.494 e. The number of fused-ring (bicyclic) bond motifs is 1. The molecule has 0 N–H and O–H groups in total. The van der Waals surface area contributed by atoms with Crippen molar-refractivity contribution in [2.75, 3.05) is 6.61 Å². The van der Waals surface area contributed by atoms with E-state index in [4.69, 9.17) is 4.74 Å². The van der Waals surface area contributed by atoms with E-state index in [2.05, 4.69) is 16.7 Å². The summed E-state index contributed by atoms with van der Waals surface area (Å²) in [6.07, 6.45) is 0.939. The number of carbonyl (C=O) groups is 1. The van der Waals surface area contributed by atoms with Gasteiger partial charge in [0.2, 0.25) is 0 Å². The van der Waals surface area contributed by atoms with Gasteiger partial charge in [0.05, 0.1) is 6.61 Å². The zero-order valence-electron chi connectivity index (χ0n) is 12.9. The smallest absolute Gasteiger partial charge is 0.152 e. The van der Waals surface area contributed by atoms with E-state index in [1.165, 1.54) is 5.56 Å². The molecule has 0 unspecified atom stereocenters. The van der Waals surface area contributed by atoms with Gasteiger partial charge >= 0.3 is 0 Å². The van der Waals surface area contributed by atoms with Gasteiger partial charge in [0, 0.05) is 28.7 Å². The molecule has 0 aliphatic heterocycles. The van der Waals surface area contributed by atoms with Crippen LogP contribution in [0.1, 0.15) is 28.5 Å². The zero-order chi connectivity index (χ0) is 15.5. The van der Waals surface area contributed by atoms with E-state index in [0.717, 1.165) is 40.7 Å². The number of aldehydes is 1. The predicted molar refractivity (Wildman–Crippen MR) is 88.8 cm³/mol. The van der Waals surface area contributed by atoms with Crippen molar-refractivity contribution >= 4 is 17.2 Å². The monoisotopic (exact) mass is 293 g/mol. The number of benzene rings is 2. The molecule has 1 heterocycles. The lowest BCUT2D eigenvalue weighted by Crippen LogP contribution is -2.02. The summed E-state index contributed by atoms with van der Waals surface area (Å²) in [7, 11) is 0. The fourth-order valence-electron chi connectivity index (χ4n) is 2.86. The molecule has 3 aromatic rings. The molecular weight excluding hydrogens is 274 g/mol. The minimum absolute atomic E-state index is 0.617. The molecule has 0 amide bonds. The molecule has 0 bridgehead atoms. The number of ether oxygens (including phenoxy) is 1. The highest BCUT2D eigenvalue weighted by Gasteiger charge is 2.14. The fourth-order valence-corrected chi connectivity index (χ4v) is 2.86. The molecule has 3 heteroatoms. The van der Waals surface area contributed by atoms with Crippen molar-refractivity contribution in [3.05, 3.63) is 65.4 Å². The van der Waals surface area contributed by atoms with Crippen LogP contribution in [0.2, 0.25) is 0 Å². The first kappa shape index (κ1) is 14.4. The Morgan fingerprint density at radius 2 is 1.91 bits per heavy atom. The standard InChI is InChI=1S/C19H19NO2/c1-3-22-16-9-10-19-17(11-16)18(13-21)14(2)20(19)12-15-7-5-4-6-8-15/h4-11,13H,3,12H2,1-2H3. The van der Waals surface area contributed by atoms with Crippen LogP contribution < -0.4 is 4.74 Å². The molecule has 112 valence electrons. The summed E-state index contributed by atoms with van der Waals surface area (Å²) in [4.78, 5) is 11.5. The van der Waals surface area contributed by atoms with E-state index in [0.29, 0.717) is 6.61 Å². The summed E-state index contributed by atoms with van der Waals surface area (Å²) >= 11 is 0. The topological polar surface area (TPSA) is 31.2 Å². The second kappa shape index (κ2) is 6.06. The summed E-state index contributed by atoms with van der Waals surface area (Å²) in [5.41, 5.74) is 4.01. The average Bonchev–Trinajstić information content (AvgIpc) is 2.80. The van der Waals surface area contributed by atoms with Gasteiger partial charge in [-0.25, -0.2) is 0 Å². The predicted octanol–water partition coefficient (Wildman–Crippen LogP) is 4.21. The molecule has 1 aromatic heterocycles. The van der Waals surface area contributed by atoms with Gasteiger partial charge in [-0.15, -0.1) is 0 Å². The van der Waals surface area contributed by atoms with Crippen molar-refractivity contribution in [2.24, 2.45) is 0 Å². The molecule has 22 heavy (non-hydrogen) atoms. The first-order chi connectivity index (χ1) is 10.7. The molecule has 0 atom stereocenters. The molecule has 3 rings (SSSR count). The SMILES string of the molecule is CCOc1ccc2c(c1)c(C=O)c(C)n2Cc1ccccc1. The molecule has 0 saturated heterocycles. The largest absolute Gasteiger partial charge is 0.494 e. The zero-order valence-corrected chi connectivity index (χ0v) is 12.9. The van der Waals surface area contributed by atoms with Crippen molar-refractivity contribution in [3.8, 4) is 5.75 Å². The highest BCUT2D eigenvalue weighted by atomic mass is 16.5. The van der Waals surface area contributed by atoms with Crippen LogP contribution in [0, 0.1) is 6.92 Å². The maximum Gasteiger partial charge on any atom is 0.152 e. The number of hydrogen-bond donors (Lipinski definition) is 0. The maximum atomic E-state index is 11.5. The lowest BCUT2D eigenvalue weighted by atomic mass is 10.1. The van der Waals surface area contributed by atoms with Gasteiger partial charge in [-0.05, 0) is 37.6 Å². The highest BCUT2D eigenvalue weighted by Crippen LogP contribution is 2.29. The Bertz CT molecular complexity index is 803. The van der Waals surface area contributed by atoms with Crippen molar-refractivity contribution in [1.82, 2.24) is 4.57 Å². The molecule has 0 radical (unpaired) electrons. The van der Waals surface area contributed by atoms with Crippen LogP contribution in [-0.4, -0.2) is 17.5 Å². The Balaban J connectivity index is 2.13. The molecule has 0 fully saturated rings. The van der Waals surface area contributed by atoms with Crippen molar-refractivity contribution in [1.29, 1.82) is 0 Å². The van der Waals surface area contributed by atoms with Crippen LogP contribution in [0.15, 0.2) is 48.5 Å². The summed E-state index contributed by atoms with van der Waals surface area (Å²) in [5, 5.41) is 0.953. The van der Waals surface area contributed by atoms with Gasteiger partial charge < -0.3 is 9.30 Å². The summed E-state index contributed by atoms with van der Waals surface area (Å²) in [5.74, 6) is 0.801. The molecule has 0 aliphatic rings. The lowest BCUT2D eigenvalue weighted by molar-refractivity contribution is 0.112. The summed E-state index contributed by atoms with van der Waals surface area (Å²) < 4.78 is 7.74. The second-order valence-electron chi connectivity index (χ2n) is 5.30. The third kappa shape index (κ3) is 2.50. The van der Waals surface area contributed by atoms with Gasteiger partial charge in [-0.1, -0.05) is 30.3 Å². The Labute approximate surface area is 130 Å². The summed E-state index contributed by atoms with van der Waals surface area (Å²) in [6, 6.07) is 16.2. The number of nitrogens with zero attached hydrogens (tertiary/aromatic N) is 1. The number of rotatable bonds is 5. The fraction of sp³-hybridized carbons (Fsp3) is 0.211. The molecular formula is C19H19NO2. The molecule has 0 aliphatic carbocycles. The van der Waals surface area contributed by atoms with Gasteiger partial charge in [-0.2, -0.15) is 0 Å². The van der Waals surface area contributed by atoms with Crippen LogP contribution >= 0.6 is 0 Å². The van der Waals surface area contributed by atoms with Crippen molar-refractivity contribution in [3.63, 3.8) is 0 Å². The van der Waals surface area contributed by atoms with E-state index in [9.17, 15) is 4.79 Å². The third-order valence-electron chi connectivity index (χ3n) is 3.96. The minimum atomic E-state index is 0.617.